The summed E-state index contributed by atoms with van der Waals surface area (Å²) in [5.74, 6) is 0. The molecule has 1 aromatic heterocycles. The van der Waals surface area contributed by atoms with E-state index in [0.717, 1.165) is 0 Å². The van der Waals surface area contributed by atoms with Crippen molar-refractivity contribution < 1.29 is 13.0 Å². The first kappa shape index (κ1) is 8.66. The molecule has 11 heavy (non-hydrogen) atoms. The molecular weight excluding hydrogens is 186 g/mol. The zero-order valence-electron chi connectivity index (χ0n) is 5.47. The van der Waals surface area contributed by atoms with E-state index >= 15 is 0 Å². The highest BCUT2D eigenvalue weighted by Crippen LogP contribution is 2.20. The lowest BCUT2D eigenvalue weighted by molar-refractivity contribution is 0.470. The van der Waals surface area contributed by atoms with Crippen LogP contribution in [0.3, 0.4) is 0 Å². The van der Waals surface area contributed by atoms with Gasteiger partial charge in [-0.3, -0.25) is 4.55 Å². The summed E-state index contributed by atoms with van der Waals surface area (Å²) in [5.41, 5.74) is 5.19. The van der Waals surface area contributed by atoms with E-state index in [1.54, 1.807) is 17.5 Å². The van der Waals surface area contributed by atoms with Gasteiger partial charge in [0.25, 0.3) is 10.1 Å². The SMILES string of the molecule is NC(c1cccs1)S(=O)(=O)O. The number of hydrogen-bond acceptors (Lipinski definition) is 4. The molecule has 0 spiro atoms. The van der Waals surface area contributed by atoms with Gasteiger partial charge in [-0.25, -0.2) is 0 Å². The minimum absolute atomic E-state index is 0.438. The van der Waals surface area contributed by atoms with Gasteiger partial charge in [-0.15, -0.1) is 11.3 Å². The van der Waals surface area contributed by atoms with Crippen molar-refractivity contribution in [2.45, 2.75) is 5.37 Å². The van der Waals surface area contributed by atoms with Gasteiger partial charge in [0.05, 0.1) is 0 Å². The summed E-state index contributed by atoms with van der Waals surface area (Å²) in [6.07, 6.45) is 0. The van der Waals surface area contributed by atoms with E-state index in [-0.39, 0.29) is 0 Å². The molecular formula is C5H7NO3S2. The molecule has 1 aromatic rings. The highest BCUT2D eigenvalue weighted by atomic mass is 32.2. The Labute approximate surface area is 68.4 Å². The van der Waals surface area contributed by atoms with Crippen molar-refractivity contribution in [2.24, 2.45) is 5.73 Å². The van der Waals surface area contributed by atoms with E-state index in [0.29, 0.717) is 4.88 Å². The number of hydrogen-bond donors (Lipinski definition) is 2. The van der Waals surface area contributed by atoms with E-state index < -0.39 is 15.5 Å². The quantitative estimate of drug-likeness (QED) is 0.674. The summed E-state index contributed by atoms with van der Waals surface area (Å²) in [7, 11) is -4.14. The van der Waals surface area contributed by atoms with Crippen LogP contribution >= 0.6 is 11.3 Å². The van der Waals surface area contributed by atoms with Crippen molar-refractivity contribution in [3.8, 4) is 0 Å². The summed E-state index contributed by atoms with van der Waals surface area (Å²) in [5, 5.41) is 0.392. The lowest BCUT2D eigenvalue weighted by Gasteiger charge is -2.03. The Balaban J connectivity index is 2.97. The second-order valence-electron chi connectivity index (χ2n) is 1.95. The third-order valence-corrected chi connectivity index (χ3v) is 3.14. The van der Waals surface area contributed by atoms with Crippen molar-refractivity contribution in [3.63, 3.8) is 0 Å². The lowest BCUT2D eigenvalue weighted by Crippen LogP contribution is -2.19. The van der Waals surface area contributed by atoms with Crippen molar-refractivity contribution in [2.75, 3.05) is 0 Å². The average molecular weight is 193 g/mol. The van der Waals surface area contributed by atoms with Crippen LogP contribution in [0.15, 0.2) is 17.5 Å². The summed E-state index contributed by atoms with van der Waals surface area (Å²) in [6, 6.07) is 3.23. The van der Waals surface area contributed by atoms with Crippen molar-refractivity contribution in [3.05, 3.63) is 22.4 Å². The van der Waals surface area contributed by atoms with Gasteiger partial charge in [-0.1, -0.05) is 6.07 Å². The van der Waals surface area contributed by atoms with Gasteiger partial charge in [-0.05, 0) is 11.4 Å². The van der Waals surface area contributed by atoms with E-state index in [1.165, 1.54) is 11.3 Å². The van der Waals surface area contributed by atoms with Crippen molar-refractivity contribution >= 4 is 21.5 Å². The van der Waals surface area contributed by atoms with Crippen LogP contribution < -0.4 is 5.73 Å². The maximum Gasteiger partial charge on any atom is 0.286 e. The summed E-state index contributed by atoms with van der Waals surface area (Å²) in [4.78, 5) is 0.438. The molecule has 0 saturated carbocycles. The number of thiophene rings is 1. The average Bonchev–Trinajstić information content (AvgIpc) is 2.34. The maximum atomic E-state index is 10.5. The Kier molecular flexibility index (Phi) is 2.28. The Morgan fingerprint density at radius 2 is 2.27 bits per heavy atom. The fourth-order valence-electron chi connectivity index (χ4n) is 0.600. The summed E-state index contributed by atoms with van der Waals surface area (Å²) < 4.78 is 29.4. The van der Waals surface area contributed by atoms with E-state index in [9.17, 15) is 8.42 Å². The van der Waals surface area contributed by atoms with E-state index in [4.69, 9.17) is 10.3 Å². The van der Waals surface area contributed by atoms with Gasteiger partial charge in [-0.2, -0.15) is 8.42 Å². The molecule has 4 nitrogen and oxygen atoms in total. The van der Waals surface area contributed by atoms with Crippen molar-refractivity contribution in [1.82, 2.24) is 0 Å². The normalized spacial score (nSPS) is 14.7. The van der Waals surface area contributed by atoms with E-state index in [2.05, 4.69) is 0 Å². The molecule has 1 atom stereocenters. The molecule has 0 aliphatic rings. The molecule has 3 N–H and O–H groups in total. The van der Waals surface area contributed by atoms with Gasteiger partial charge >= 0.3 is 0 Å². The van der Waals surface area contributed by atoms with Crippen LogP contribution in [-0.4, -0.2) is 13.0 Å². The molecule has 0 radical (unpaired) electrons. The summed E-state index contributed by atoms with van der Waals surface area (Å²) in [6.45, 7) is 0. The molecule has 0 saturated heterocycles. The Morgan fingerprint density at radius 1 is 1.64 bits per heavy atom. The molecule has 0 bridgehead atoms. The Bertz CT molecular complexity index is 316. The zero-order chi connectivity index (χ0) is 8.48. The van der Waals surface area contributed by atoms with E-state index in [1.807, 2.05) is 0 Å². The van der Waals surface area contributed by atoms with Gasteiger partial charge < -0.3 is 5.73 Å². The molecule has 0 aliphatic heterocycles. The first-order valence-corrected chi connectivity index (χ1v) is 5.15. The lowest BCUT2D eigenvalue weighted by atomic mass is 10.5. The van der Waals surface area contributed by atoms with Crippen LogP contribution in [0.2, 0.25) is 0 Å². The van der Waals surface area contributed by atoms with Gasteiger partial charge in [0, 0.05) is 4.88 Å². The third-order valence-electron chi connectivity index (χ3n) is 1.14. The third kappa shape index (κ3) is 2.00. The smallest absolute Gasteiger partial charge is 0.286 e. The largest absolute Gasteiger partial charge is 0.309 e. The molecule has 1 rings (SSSR count). The standard InChI is InChI=1S/C5H7NO3S2/c6-5(11(7,8)9)4-2-1-3-10-4/h1-3,5H,6H2,(H,7,8,9). The fraction of sp³-hybridized carbons (Fsp3) is 0.200. The van der Waals surface area contributed by atoms with Crippen LogP contribution in [0, 0.1) is 0 Å². The first-order chi connectivity index (χ1) is 5.02. The molecule has 1 unspecified atom stereocenters. The van der Waals surface area contributed by atoms with Crippen molar-refractivity contribution in [1.29, 1.82) is 0 Å². The minimum Gasteiger partial charge on any atom is -0.309 e. The zero-order valence-corrected chi connectivity index (χ0v) is 7.10. The molecule has 0 amide bonds. The van der Waals surface area contributed by atoms with Crippen LogP contribution in [0.4, 0.5) is 0 Å². The minimum atomic E-state index is -4.14. The fourth-order valence-corrected chi connectivity index (χ4v) is 2.11. The highest BCUT2D eigenvalue weighted by molar-refractivity contribution is 7.86. The maximum absolute atomic E-state index is 10.5. The van der Waals surface area contributed by atoms with Crippen LogP contribution in [0.1, 0.15) is 10.3 Å². The van der Waals surface area contributed by atoms with Crippen LogP contribution in [0.25, 0.3) is 0 Å². The predicted octanol–water partition coefficient (Wildman–Crippen LogP) is 0.593. The van der Waals surface area contributed by atoms with Gasteiger partial charge in [0.2, 0.25) is 0 Å². The monoisotopic (exact) mass is 193 g/mol. The molecule has 0 fully saturated rings. The molecule has 1 heterocycles. The molecule has 6 heteroatoms. The topological polar surface area (TPSA) is 80.4 Å². The summed E-state index contributed by atoms with van der Waals surface area (Å²) >= 11 is 1.19. The molecule has 0 aromatic carbocycles. The van der Waals surface area contributed by atoms with Crippen LogP contribution in [-0.2, 0) is 10.1 Å². The second-order valence-corrected chi connectivity index (χ2v) is 4.47. The van der Waals surface area contributed by atoms with Crippen LogP contribution in [0.5, 0.6) is 0 Å². The van der Waals surface area contributed by atoms with Gasteiger partial charge in [0.15, 0.2) is 5.37 Å². The second kappa shape index (κ2) is 2.90. The predicted molar refractivity (Wildman–Crippen MR) is 42.8 cm³/mol. The molecule has 0 aliphatic carbocycles. The highest BCUT2D eigenvalue weighted by Gasteiger charge is 2.20. The number of nitrogens with two attached hydrogens (primary N) is 1. The molecule has 62 valence electrons. The first-order valence-electron chi connectivity index (χ1n) is 2.77. The number of rotatable bonds is 2. The van der Waals surface area contributed by atoms with Gasteiger partial charge in [0.1, 0.15) is 0 Å². The Morgan fingerprint density at radius 3 is 2.64 bits per heavy atom. The Hall–Kier alpha value is -0.430.